The van der Waals surface area contributed by atoms with Crippen LogP contribution < -0.4 is 10.5 Å². The topological polar surface area (TPSA) is 110 Å². The molecule has 0 radical (unpaired) electrons. The van der Waals surface area contributed by atoms with Crippen LogP contribution in [-0.4, -0.2) is 22.2 Å². The number of phenolic OH excluding ortho intramolecular Hbond substituents is 1. The summed E-state index contributed by atoms with van der Waals surface area (Å²) in [6.45, 7) is 0. The lowest BCUT2D eigenvalue weighted by atomic mass is 10.1. The molecule has 4 N–H and O–H groups in total. The Labute approximate surface area is 114 Å². The summed E-state index contributed by atoms with van der Waals surface area (Å²) in [6, 6.07) is 9.67. The summed E-state index contributed by atoms with van der Waals surface area (Å²) in [4.78, 5) is 22.9. The van der Waals surface area contributed by atoms with Crippen molar-refractivity contribution in [3.05, 3.63) is 53.6 Å². The van der Waals surface area contributed by atoms with Crippen molar-refractivity contribution >= 4 is 17.6 Å². The fourth-order valence-corrected chi connectivity index (χ4v) is 1.61. The third kappa shape index (κ3) is 2.69. The predicted octanol–water partition coefficient (Wildman–Crippen LogP) is 1.89. The van der Waals surface area contributed by atoms with Gasteiger partial charge in [-0.1, -0.05) is 12.1 Å². The van der Waals surface area contributed by atoms with E-state index in [1.807, 2.05) is 0 Å². The average molecular weight is 273 g/mol. The third-order valence-corrected chi connectivity index (χ3v) is 2.56. The van der Waals surface area contributed by atoms with Crippen molar-refractivity contribution in [2.24, 2.45) is 0 Å². The van der Waals surface area contributed by atoms with Crippen LogP contribution in [0.15, 0.2) is 42.5 Å². The molecule has 20 heavy (non-hydrogen) atoms. The van der Waals surface area contributed by atoms with Gasteiger partial charge in [-0.05, 0) is 24.3 Å². The molecule has 2 rings (SSSR count). The largest absolute Gasteiger partial charge is 0.507 e. The average Bonchev–Trinajstić information content (AvgIpc) is 2.38. The molecule has 6 heteroatoms. The van der Waals surface area contributed by atoms with Crippen LogP contribution in [-0.2, 0) is 0 Å². The lowest BCUT2D eigenvalue weighted by Crippen LogP contribution is -2.11. The highest BCUT2D eigenvalue weighted by molar-refractivity contribution is 5.97. The summed E-state index contributed by atoms with van der Waals surface area (Å²) in [5, 5.41) is 18.6. The molecule has 0 saturated heterocycles. The summed E-state index contributed by atoms with van der Waals surface area (Å²) in [6.07, 6.45) is 0. The van der Waals surface area contributed by atoms with Crippen LogP contribution in [0.1, 0.15) is 20.7 Å². The molecule has 0 atom stereocenters. The number of carbonyl (C=O) groups excluding carboxylic acids is 1. The van der Waals surface area contributed by atoms with E-state index >= 15 is 0 Å². The number of hydrogen-bond donors (Lipinski definition) is 3. The number of aromatic carboxylic acids is 1. The Morgan fingerprint density at radius 2 is 1.75 bits per heavy atom. The van der Waals surface area contributed by atoms with Gasteiger partial charge < -0.3 is 20.7 Å². The van der Waals surface area contributed by atoms with Gasteiger partial charge in [0.1, 0.15) is 22.6 Å². The zero-order valence-electron chi connectivity index (χ0n) is 10.2. The number of nitrogens with two attached hydrogens (primary N) is 1. The SMILES string of the molecule is Nc1ccc(C(=O)Oc2ccccc2C(=O)O)c(O)c1. The standard InChI is InChI=1S/C14H11NO5/c15-8-5-6-9(11(16)7-8)14(19)20-12-4-2-1-3-10(12)13(17)18/h1-7,16H,15H2,(H,17,18). The van der Waals surface area contributed by atoms with Gasteiger partial charge in [0.15, 0.2) is 0 Å². The van der Waals surface area contributed by atoms with E-state index in [2.05, 4.69) is 0 Å². The first-order valence-electron chi connectivity index (χ1n) is 5.62. The fraction of sp³-hybridized carbons (Fsp3) is 0. The number of aromatic hydroxyl groups is 1. The number of carbonyl (C=O) groups is 2. The number of esters is 1. The molecule has 0 aliphatic carbocycles. The molecule has 0 amide bonds. The van der Waals surface area contributed by atoms with Gasteiger partial charge in [-0.25, -0.2) is 9.59 Å². The number of anilines is 1. The normalized spacial score (nSPS) is 10.0. The molecule has 0 aromatic heterocycles. The van der Waals surface area contributed by atoms with Crippen molar-refractivity contribution in [3.63, 3.8) is 0 Å². The molecule has 102 valence electrons. The van der Waals surface area contributed by atoms with Crippen molar-refractivity contribution in [1.82, 2.24) is 0 Å². The first-order valence-corrected chi connectivity index (χ1v) is 5.62. The molecule has 2 aromatic carbocycles. The van der Waals surface area contributed by atoms with Crippen molar-refractivity contribution in [2.45, 2.75) is 0 Å². The molecule has 0 saturated carbocycles. The molecule has 0 aliphatic heterocycles. The number of hydrogen-bond acceptors (Lipinski definition) is 5. The van der Waals surface area contributed by atoms with E-state index in [0.29, 0.717) is 5.69 Å². The van der Waals surface area contributed by atoms with E-state index < -0.39 is 11.9 Å². The fourth-order valence-electron chi connectivity index (χ4n) is 1.61. The number of rotatable bonds is 3. The Hall–Kier alpha value is -3.02. The molecular formula is C14H11NO5. The number of carboxylic acids is 1. The number of para-hydroxylation sites is 1. The van der Waals surface area contributed by atoms with Gasteiger partial charge in [-0.15, -0.1) is 0 Å². The minimum Gasteiger partial charge on any atom is -0.507 e. The van der Waals surface area contributed by atoms with Crippen LogP contribution in [0.25, 0.3) is 0 Å². The quantitative estimate of drug-likeness (QED) is 0.447. The van der Waals surface area contributed by atoms with Gasteiger partial charge in [0.05, 0.1) is 0 Å². The Kier molecular flexibility index (Phi) is 3.56. The van der Waals surface area contributed by atoms with E-state index in [4.69, 9.17) is 15.6 Å². The lowest BCUT2D eigenvalue weighted by Gasteiger charge is -2.08. The van der Waals surface area contributed by atoms with Crippen LogP contribution in [0.2, 0.25) is 0 Å². The van der Waals surface area contributed by atoms with Crippen LogP contribution >= 0.6 is 0 Å². The Balaban J connectivity index is 2.30. The van der Waals surface area contributed by atoms with E-state index in [0.717, 1.165) is 0 Å². The number of carboxylic acid groups (broad SMARTS) is 1. The number of ether oxygens (including phenoxy) is 1. The van der Waals surface area contributed by atoms with Crippen LogP contribution in [0, 0.1) is 0 Å². The molecule has 2 aromatic rings. The molecule has 0 aliphatic rings. The molecule has 0 spiro atoms. The van der Waals surface area contributed by atoms with E-state index in [9.17, 15) is 14.7 Å². The maximum absolute atomic E-state index is 11.9. The third-order valence-electron chi connectivity index (χ3n) is 2.56. The number of benzene rings is 2. The van der Waals surface area contributed by atoms with Gasteiger partial charge in [0.2, 0.25) is 0 Å². The maximum Gasteiger partial charge on any atom is 0.347 e. The Bertz CT molecular complexity index is 681. The summed E-state index contributed by atoms with van der Waals surface area (Å²) < 4.78 is 4.99. The lowest BCUT2D eigenvalue weighted by molar-refractivity contribution is 0.0681. The second-order valence-corrected chi connectivity index (χ2v) is 3.97. The second-order valence-electron chi connectivity index (χ2n) is 3.97. The Morgan fingerprint density at radius 1 is 1.05 bits per heavy atom. The first-order chi connectivity index (χ1) is 9.49. The van der Waals surface area contributed by atoms with Crippen molar-refractivity contribution in [2.75, 3.05) is 5.73 Å². The highest BCUT2D eigenvalue weighted by atomic mass is 16.5. The minimum atomic E-state index is -1.21. The smallest absolute Gasteiger partial charge is 0.347 e. The first kappa shape index (κ1) is 13.4. The van der Waals surface area contributed by atoms with Gasteiger partial charge in [0.25, 0.3) is 0 Å². The molecule has 0 heterocycles. The van der Waals surface area contributed by atoms with E-state index in [-0.39, 0.29) is 22.6 Å². The second kappa shape index (κ2) is 5.31. The van der Waals surface area contributed by atoms with Crippen LogP contribution in [0.3, 0.4) is 0 Å². The molecule has 0 unspecified atom stereocenters. The minimum absolute atomic E-state index is 0.0961. The van der Waals surface area contributed by atoms with Crippen LogP contribution in [0.5, 0.6) is 11.5 Å². The highest BCUT2D eigenvalue weighted by Crippen LogP contribution is 2.24. The maximum atomic E-state index is 11.9. The molecular weight excluding hydrogens is 262 g/mol. The van der Waals surface area contributed by atoms with Gasteiger partial charge >= 0.3 is 11.9 Å². The van der Waals surface area contributed by atoms with Gasteiger partial charge in [-0.2, -0.15) is 0 Å². The van der Waals surface area contributed by atoms with Crippen molar-refractivity contribution in [3.8, 4) is 11.5 Å². The number of phenols is 1. The van der Waals surface area contributed by atoms with E-state index in [1.165, 1.54) is 42.5 Å². The predicted molar refractivity (Wildman–Crippen MR) is 70.9 cm³/mol. The van der Waals surface area contributed by atoms with Crippen LogP contribution in [0.4, 0.5) is 5.69 Å². The van der Waals surface area contributed by atoms with Gasteiger partial charge in [0, 0.05) is 11.8 Å². The monoisotopic (exact) mass is 273 g/mol. The summed E-state index contributed by atoms with van der Waals surface area (Å²) in [5.74, 6) is -2.50. The zero-order valence-corrected chi connectivity index (χ0v) is 10.2. The molecule has 6 nitrogen and oxygen atoms in total. The van der Waals surface area contributed by atoms with E-state index in [1.54, 1.807) is 0 Å². The molecule has 0 fully saturated rings. The van der Waals surface area contributed by atoms with Crippen molar-refractivity contribution < 1.29 is 24.5 Å². The summed E-state index contributed by atoms with van der Waals surface area (Å²) in [5.41, 5.74) is 5.51. The zero-order chi connectivity index (χ0) is 14.7. The van der Waals surface area contributed by atoms with Gasteiger partial charge in [-0.3, -0.25) is 0 Å². The summed E-state index contributed by atoms with van der Waals surface area (Å²) >= 11 is 0. The highest BCUT2D eigenvalue weighted by Gasteiger charge is 2.17. The molecule has 0 bridgehead atoms. The summed E-state index contributed by atoms with van der Waals surface area (Å²) in [7, 11) is 0. The number of nitrogen functional groups attached to an aromatic ring is 1. The Morgan fingerprint density at radius 3 is 2.40 bits per heavy atom. The van der Waals surface area contributed by atoms with Crippen molar-refractivity contribution in [1.29, 1.82) is 0 Å².